The lowest BCUT2D eigenvalue weighted by Crippen LogP contribution is -2.12. The third-order valence-electron chi connectivity index (χ3n) is 4.72. The number of carbonyl (C=O) groups is 3. The lowest BCUT2D eigenvalue weighted by molar-refractivity contribution is -0.142. The van der Waals surface area contributed by atoms with Gasteiger partial charge in [-0.1, -0.05) is 37.9 Å². The van der Waals surface area contributed by atoms with Gasteiger partial charge in [0.1, 0.15) is 18.1 Å². The summed E-state index contributed by atoms with van der Waals surface area (Å²) in [7, 11) is 0. The molecular weight excluding hydrogens is 576 g/mol. The minimum atomic E-state index is -0.879. The number of esters is 3. The van der Waals surface area contributed by atoms with Crippen molar-refractivity contribution in [1.82, 2.24) is 0 Å². The van der Waals surface area contributed by atoms with Gasteiger partial charge in [0, 0.05) is 49.0 Å². The van der Waals surface area contributed by atoms with Crippen molar-refractivity contribution in [1.29, 1.82) is 0 Å². The smallest absolute Gasteiger partial charge is 0.308 e. The average Bonchev–Trinajstić information content (AvgIpc) is 2.78. The number of halogens is 2. The van der Waals surface area contributed by atoms with Gasteiger partial charge in [0.05, 0.1) is 12.2 Å². The minimum Gasteiger partial charge on any atom is -0.461 e. The van der Waals surface area contributed by atoms with Crippen LogP contribution in [-0.4, -0.2) is 38.8 Å². The molecular formula is C24H26Br2O8. The molecule has 2 rings (SSSR count). The van der Waals surface area contributed by atoms with Crippen LogP contribution in [0.4, 0.5) is 0 Å². The molecule has 2 aromatic rings. The zero-order valence-corrected chi connectivity index (χ0v) is 22.1. The van der Waals surface area contributed by atoms with Crippen molar-refractivity contribution in [3.63, 3.8) is 0 Å². The first-order chi connectivity index (χ1) is 16.0. The van der Waals surface area contributed by atoms with E-state index >= 15 is 0 Å². The Labute approximate surface area is 214 Å². The predicted octanol–water partition coefficient (Wildman–Crippen LogP) is 4.05. The first-order valence-corrected chi connectivity index (χ1v) is 12.6. The first-order valence-electron chi connectivity index (χ1n) is 10.3. The molecule has 0 radical (unpaired) electrons. The van der Waals surface area contributed by atoms with E-state index < -0.39 is 30.1 Å². The van der Waals surface area contributed by atoms with Crippen molar-refractivity contribution >= 4 is 49.8 Å². The summed E-state index contributed by atoms with van der Waals surface area (Å²) in [5, 5.41) is 21.3. The van der Waals surface area contributed by atoms with Crippen molar-refractivity contribution in [2.45, 2.75) is 46.0 Å². The number of hydrogen-bond donors (Lipinski definition) is 2. The van der Waals surface area contributed by atoms with Gasteiger partial charge in [0.15, 0.2) is 0 Å². The van der Waals surface area contributed by atoms with Crippen LogP contribution in [0.15, 0.2) is 30.3 Å². The largest absolute Gasteiger partial charge is 0.461 e. The lowest BCUT2D eigenvalue weighted by Gasteiger charge is -2.20. The molecule has 0 spiro atoms. The van der Waals surface area contributed by atoms with E-state index in [4.69, 9.17) is 14.2 Å². The average molecular weight is 602 g/mol. The summed E-state index contributed by atoms with van der Waals surface area (Å²) in [6.45, 7) is 3.61. The van der Waals surface area contributed by atoms with E-state index in [0.717, 1.165) is 0 Å². The van der Waals surface area contributed by atoms with Gasteiger partial charge in [-0.2, -0.15) is 0 Å². The Kier molecular flexibility index (Phi) is 10.7. The number of aliphatic hydroxyl groups is 2. The number of ether oxygens (including phenoxy) is 3. The van der Waals surface area contributed by atoms with Gasteiger partial charge >= 0.3 is 17.9 Å². The van der Waals surface area contributed by atoms with Crippen LogP contribution in [0, 0.1) is 0 Å². The zero-order valence-electron chi connectivity index (χ0n) is 19.0. The van der Waals surface area contributed by atoms with Crippen LogP contribution in [0.5, 0.6) is 11.5 Å². The van der Waals surface area contributed by atoms with Gasteiger partial charge in [0.2, 0.25) is 0 Å². The Balaban J connectivity index is 2.69. The summed E-state index contributed by atoms with van der Waals surface area (Å²) in [6, 6.07) is 8.21. The Morgan fingerprint density at radius 1 is 0.794 bits per heavy atom. The fourth-order valence-corrected chi connectivity index (χ4v) is 4.00. The second-order valence-corrected chi connectivity index (χ2v) is 8.81. The highest BCUT2D eigenvalue weighted by Gasteiger charge is 2.21. The van der Waals surface area contributed by atoms with Crippen LogP contribution in [-0.2, 0) is 32.1 Å². The third kappa shape index (κ3) is 7.90. The highest BCUT2D eigenvalue weighted by Crippen LogP contribution is 2.35. The molecule has 2 unspecified atom stereocenters. The standard InChI is InChI=1S/C24H26Br2O8/c1-13(27)32-12-20-8-17(22(31)11-26)7-19(24(20)34-15(3)29)9-18-6-16(21(30)10-25)4-5-23(18)33-14(2)28/h4-8,21-22,30-31H,9-12H2,1-3H3. The monoisotopic (exact) mass is 600 g/mol. The fourth-order valence-electron chi connectivity index (χ4n) is 3.25. The van der Waals surface area contributed by atoms with Crippen LogP contribution in [0.1, 0.15) is 60.8 Å². The van der Waals surface area contributed by atoms with Gasteiger partial charge in [0.25, 0.3) is 0 Å². The van der Waals surface area contributed by atoms with Crippen molar-refractivity contribution in [2.75, 3.05) is 10.7 Å². The quantitative estimate of drug-likeness (QED) is 0.238. The van der Waals surface area contributed by atoms with E-state index in [2.05, 4.69) is 31.9 Å². The molecule has 0 fully saturated rings. The van der Waals surface area contributed by atoms with Crippen LogP contribution in [0.3, 0.4) is 0 Å². The SMILES string of the molecule is CC(=O)OCc1cc(C(O)CBr)cc(Cc2cc(C(O)CBr)ccc2OC(C)=O)c1OC(C)=O. The molecule has 0 saturated heterocycles. The van der Waals surface area contributed by atoms with Gasteiger partial charge < -0.3 is 24.4 Å². The fraction of sp³-hybridized carbons (Fsp3) is 0.375. The normalized spacial score (nSPS) is 12.6. The second-order valence-electron chi connectivity index (χ2n) is 7.52. The van der Waals surface area contributed by atoms with E-state index in [-0.39, 0.29) is 29.9 Å². The minimum absolute atomic E-state index is 0.129. The first kappa shape index (κ1) is 28.0. The summed E-state index contributed by atoms with van der Waals surface area (Å²) >= 11 is 6.50. The Hall–Kier alpha value is -2.27. The van der Waals surface area contributed by atoms with Gasteiger partial charge in [-0.3, -0.25) is 14.4 Å². The van der Waals surface area contributed by atoms with Crippen molar-refractivity contribution in [3.8, 4) is 11.5 Å². The lowest BCUT2D eigenvalue weighted by atomic mass is 9.94. The summed E-state index contributed by atoms with van der Waals surface area (Å²) in [5.41, 5.74) is 2.53. The Bertz CT molecular complexity index is 1050. The Morgan fingerprint density at radius 3 is 1.91 bits per heavy atom. The van der Waals surface area contributed by atoms with Gasteiger partial charge in [-0.25, -0.2) is 0 Å². The molecule has 0 bridgehead atoms. The topological polar surface area (TPSA) is 119 Å². The highest BCUT2D eigenvalue weighted by molar-refractivity contribution is 9.09. The molecule has 0 aliphatic heterocycles. The number of rotatable bonds is 10. The molecule has 184 valence electrons. The van der Waals surface area contributed by atoms with E-state index in [1.54, 1.807) is 30.3 Å². The highest BCUT2D eigenvalue weighted by atomic mass is 79.9. The third-order valence-corrected chi connectivity index (χ3v) is 5.95. The van der Waals surface area contributed by atoms with Crippen molar-refractivity contribution < 1.29 is 38.8 Å². The molecule has 0 heterocycles. The summed E-state index contributed by atoms with van der Waals surface area (Å²) in [6.07, 6.45) is -1.54. The number of alkyl halides is 2. The van der Waals surface area contributed by atoms with E-state index in [1.165, 1.54) is 20.8 Å². The van der Waals surface area contributed by atoms with Crippen LogP contribution in [0.25, 0.3) is 0 Å². The predicted molar refractivity (Wildman–Crippen MR) is 131 cm³/mol. The molecule has 8 nitrogen and oxygen atoms in total. The summed E-state index contributed by atoms with van der Waals surface area (Å²) < 4.78 is 16.0. The maximum atomic E-state index is 11.9. The number of benzene rings is 2. The number of aliphatic hydroxyl groups excluding tert-OH is 2. The molecule has 0 aliphatic rings. The molecule has 2 aromatic carbocycles. The molecule has 0 saturated carbocycles. The maximum Gasteiger partial charge on any atom is 0.308 e. The number of hydrogen-bond acceptors (Lipinski definition) is 8. The number of carbonyl (C=O) groups excluding carboxylic acids is 3. The van der Waals surface area contributed by atoms with E-state index in [0.29, 0.717) is 33.1 Å². The summed E-state index contributed by atoms with van der Waals surface area (Å²) in [5.74, 6) is -1.16. The Morgan fingerprint density at radius 2 is 1.35 bits per heavy atom. The van der Waals surface area contributed by atoms with Gasteiger partial charge in [-0.05, 0) is 41.0 Å². The van der Waals surface area contributed by atoms with Crippen LogP contribution in [0.2, 0.25) is 0 Å². The zero-order chi connectivity index (χ0) is 25.4. The maximum absolute atomic E-state index is 11.9. The molecule has 0 aromatic heterocycles. The molecule has 34 heavy (non-hydrogen) atoms. The van der Waals surface area contributed by atoms with Crippen LogP contribution < -0.4 is 9.47 Å². The summed E-state index contributed by atoms with van der Waals surface area (Å²) in [4.78, 5) is 35.0. The molecule has 0 amide bonds. The van der Waals surface area contributed by atoms with Crippen molar-refractivity contribution in [3.05, 3.63) is 58.1 Å². The van der Waals surface area contributed by atoms with Gasteiger partial charge in [-0.15, -0.1) is 0 Å². The molecule has 10 heteroatoms. The van der Waals surface area contributed by atoms with E-state index in [1.807, 2.05) is 0 Å². The van der Waals surface area contributed by atoms with Crippen molar-refractivity contribution in [2.24, 2.45) is 0 Å². The molecule has 2 N–H and O–H groups in total. The van der Waals surface area contributed by atoms with E-state index in [9.17, 15) is 24.6 Å². The second kappa shape index (κ2) is 13.0. The van der Waals surface area contributed by atoms with Crippen LogP contribution >= 0.6 is 31.9 Å². The molecule has 2 atom stereocenters. The molecule has 0 aliphatic carbocycles.